The molecule has 1 N–H and O–H groups in total. The van der Waals surface area contributed by atoms with Crippen LogP contribution in [0.15, 0.2) is 30.5 Å². The minimum Gasteiger partial charge on any atom is -0.481 e. The second kappa shape index (κ2) is 7.02. The lowest BCUT2D eigenvalue weighted by Gasteiger charge is -2.31. The topological polar surface area (TPSA) is 84.7 Å². The molecule has 0 spiro atoms. The van der Waals surface area contributed by atoms with Crippen molar-refractivity contribution in [3.63, 3.8) is 0 Å². The first-order valence-corrected chi connectivity index (χ1v) is 7.89. The molecule has 0 bridgehead atoms. The van der Waals surface area contributed by atoms with E-state index in [-0.39, 0.29) is 30.4 Å². The lowest BCUT2D eigenvalue weighted by atomic mass is 10.2. The van der Waals surface area contributed by atoms with E-state index in [0.717, 1.165) is 0 Å². The Morgan fingerprint density at radius 1 is 1.40 bits per heavy atom. The van der Waals surface area contributed by atoms with Crippen LogP contribution in [-0.2, 0) is 9.53 Å². The van der Waals surface area contributed by atoms with E-state index in [0.29, 0.717) is 24.4 Å². The Kier molecular flexibility index (Phi) is 4.80. The molecule has 1 aliphatic rings. The predicted octanol–water partition coefficient (Wildman–Crippen LogP) is 1.64. The number of ether oxygens (including phenoxy) is 1. The average Bonchev–Trinajstić information content (AvgIpc) is 3.03. The number of rotatable bonds is 4. The van der Waals surface area contributed by atoms with Crippen LogP contribution < -0.4 is 0 Å². The molecule has 1 aromatic heterocycles. The fourth-order valence-electron chi connectivity index (χ4n) is 2.83. The van der Waals surface area contributed by atoms with E-state index in [2.05, 4.69) is 5.10 Å². The zero-order chi connectivity index (χ0) is 18.0. The molecule has 1 aromatic carbocycles. The van der Waals surface area contributed by atoms with Gasteiger partial charge in [-0.15, -0.1) is 0 Å². The number of aromatic nitrogens is 2. The zero-order valence-corrected chi connectivity index (χ0v) is 13.7. The minimum atomic E-state index is -0.963. The summed E-state index contributed by atoms with van der Waals surface area (Å²) < 4.78 is 20.1. The van der Waals surface area contributed by atoms with Gasteiger partial charge in [0.05, 0.1) is 24.8 Å². The molecule has 1 aliphatic heterocycles. The Morgan fingerprint density at radius 3 is 2.92 bits per heavy atom. The van der Waals surface area contributed by atoms with Crippen molar-refractivity contribution in [1.82, 2.24) is 14.7 Å². The Hall–Kier alpha value is -2.74. The van der Waals surface area contributed by atoms with Gasteiger partial charge < -0.3 is 14.7 Å². The van der Waals surface area contributed by atoms with Crippen LogP contribution in [0, 0.1) is 12.7 Å². The number of nitrogens with zero attached hydrogens (tertiary/aromatic N) is 3. The van der Waals surface area contributed by atoms with Crippen molar-refractivity contribution < 1.29 is 23.8 Å². The summed E-state index contributed by atoms with van der Waals surface area (Å²) in [6.07, 6.45) is 0.979. The Balaban J connectivity index is 1.75. The van der Waals surface area contributed by atoms with E-state index in [1.54, 1.807) is 30.2 Å². The summed E-state index contributed by atoms with van der Waals surface area (Å²) in [4.78, 5) is 24.9. The number of aryl methyl sites for hydroxylation is 1. The van der Waals surface area contributed by atoms with Crippen molar-refractivity contribution in [2.45, 2.75) is 19.4 Å². The van der Waals surface area contributed by atoms with Crippen LogP contribution in [0.4, 0.5) is 4.39 Å². The number of carboxylic acids is 1. The molecule has 0 aliphatic carbocycles. The van der Waals surface area contributed by atoms with E-state index >= 15 is 0 Å². The van der Waals surface area contributed by atoms with Crippen LogP contribution in [0.3, 0.4) is 0 Å². The number of morpholine rings is 1. The first-order valence-electron chi connectivity index (χ1n) is 7.89. The van der Waals surface area contributed by atoms with E-state index < -0.39 is 12.1 Å². The lowest BCUT2D eigenvalue weighted by Crippen LogP contribution is -2.46. The van der Waals surface area contributed by atoms with Crippen LogP contribution in [0.1, 0.15) is 22.5 Å². The van der Waals surface area contributed by atoms with Crippen LogP contribution >= 0.6 is 0 Å². The maximum Gasteiger partial charge on any atom is 0.306 e. The molecule has 25 heavy (non-hydrogen) atoms. The first-order chi connectivity index (χ1) is 11.9. The van der Waals surface area contributed by atoms with Crippen LogP contribution in [-0.4, -0.2) is 57.5 Å². The highest BCUT2D eigenvalue weighted by molar-refractivity contribution is 5.92. The van der Waals surface area contributed by atoms with Gasteiger partial charge in [-0.25, -0.2) is 9.07 Å². The molecule has 1 saturated heterocycles. The highest BCUT2D eigenvalue weighted by Crippen LogP contribution is 2.16. The van der Waals surface area contributed by atoms with Crippen molar-refractivity contribution in [2.24, 2.45) is 0 Å². The van der Waals surface area contributed by atoms with Crippen LogP contribution in [0.5, 0.6) is 0 Å². The Morgan fingerprint density at radius 2 is 2.20 bits per heavy atom. The summed E-state index contributed by atoms with van der Waals surface area (Å²) in [7, 11) is 0. The number of carboxylic acid groups (broad SMARTS) is 1. The van der Waals surface area contributed by atoms with E-state index in [1.807, 2.05) is 0 Å². The van der Waals surface area contributed by atoms with Crippen LogP contribution in [0.2, 0.25) is 0 Å². The van der Waals surface area contributed by atoms with E-state index in [1.165, 1.54) is 16.8 Å². The van der Waals surface area contributed by atoms with Gasteiger partial charge in [0.15, 0.2) is 5.69 Å². The molecule has 1 amide bonds. The van der Waals surface area contributed by atoms with Gasteiger partial charge in [0.25, 0.3) is 5.91 Å². The van der Waals surface area contributed by atoms with Gasteiger partial charge in [-0.05, 0) is 36.8 Å². The molecule has 2 heterocycles. The molecule has 0 radical (unpaired) electrons. The van der Waals surface area contributed by atoms with Crippen molar-refractivity contribution in [3.8, 4) is 5.69 Å². The van der Waals surface area contributed by atoms with Gasteiger partial charge in [-0.1, -0.05) is 0 Å². The molecular weight excluding hydrogens is 329 g/mol. The summed E-state index contributed by atoms with van der Waals surface area (Å²) >= 11 is 0. The number of benzene rings is 1. The first kappa shape index (κ1) is 17.1. The normalized spacial score (nSPS) is 17.5. The molecule has 7 nitrogen and oxygen atoms in total. The summed E-state index contributed by atoms with van der Waals surface area (Å²) in [6, 6.07) is 5.93. The fourth-order valence-corrected chi connectivity index (χ4v) is 2.83. The van der Waals surface area contributed by atoms with Crippen molar-refractivity contribution >= 4 is 11.9 Å². The lowest BCUT2D eigenvalue weighted by molar-refractivity contribution is -0.141. The highest BCUT2D eigenvalue weighted by atomic mass is 19.1. The Bertz CT molecular complexity index is 805. The maximum absolute atomic E-state index is 13.2. The van der Waals surface area contributed by atoms with E-state index in [4.69, 9.17) is 9.84 Å². The largest absolute Gasteiger partial charge is 0.481 e. The van der Waals surface area contributed by atoms with Gasteiger partial charge >= 0.3 is 5.97 Å². The monoisotopic (exact) mass is 347 g/mol. The standard InChI is InChI=1S/C17H18FN3O4/c1-11-8-12(18)2-3-15(11)21-5-4-14(19-21)17(24)20-6-7-25-13(10-20)9-16(22)23/h2-5,8,13H,6-7,9-10H2,1H3,(H,22,23). The second-order valence-electron chi connectivity index (χ2n) is 5.92. The number of aliphatic carboxylic acids is 1. The van der Waals surface area contributed by atoms with Gasteiger partial charge in [-0.2, -0.15) is 5.10 Å². The summed E-state index contributed by atoms with van der Waals surface area (Å²) in [5.41, 5.74) is 1.64. The molecule has 8 heteroatoms. The third-order valence-electron chi connectivity index (χ3n) is 4.04. The quantitative estimate of drug-likeness (QED) is 0.909. The van der Waals surface area contributed by atoms with Gasteiger partial charge in [-0.3, -0.25) is 9.59 Å². The molecule has 1 fully saturated rings. The van der Waals surface area contributed by atoms with Crippen LogP contribution in [0.25, 0.3) is 5.69 Å². The second-order valence-corrected chi connectivity index (χ2v) is 5.92. The molecule has 2 aromatic rings. The predicted molar refractivity (Wildman–Crippen MR) is 86.2 cm³/mol. The number of hydrogen-bond acceptors (Lipinski definition) is 4. The van der Waals surface area contributed by atoms with Gasteiger partial charge in [0.1, 0.15) is 5.82 Å². The molecule has 132 valence electrons. The summed E-state index contributed by atoms with van der Waals surface area (Å²) in [6.45, 7) is 2.66. The summed E-state index contributed by atoms with van der Waals surface area (Å²) in [5, 5.41) is 13.1. The zero-order valence-electron chi connectivity index (χ0n) is 13.7. The fraction of sp³-hybridized carbons (Fsp3) is 0.353. The Labute approximate surface area is 143 Å². The number of carbonyl (C=O) groups is 2. The number of hydrogen-bond donors (Lipinski definition) is 1. The van der Waals surface area contributed by atoms with Gasteiger partial charge in [0.2, 0.25) is 0 Å². The van der Waals surface area contributed by atoms with Gasteiger partial charge in [0, 0.05) is 19.3 Å². The molecule has 1 unspecified atom stereocenters. The van der Waals surface area contributed by atoms with E-state index in [9.17, 15) is 14.0 Å². The molecule has 3 rings (SSSR count). The minimum absolute atomic E-state index is 0.146. The summed E-state index contributed by atoms with van der Waals surface area (Å²) in [5.74, 6) is -1.57. The third kappa shape index (κ3) is 3.85. The average molecular weight is 347 g/mol. The van der Waals surface area contributed by atoms with Crippen molar-refractivity contribution in [2.75, 3.05) is 19.7 Å². The molecular formula is C17H18FN3O4. The number of amides is 1. The number of carbonyl (C=O) groups excluding carboxylic acids is 1. The number of halogens is 1. The maximum atomic E-state index is 13.2. The SMILES string of the molecule is Cc1cc(F)ccc1-n1ccc(C(=O)N2CCOC(CC(=O)O)C2)n1. The third-order valence-corrected chi connectivity index (χ3v) is 4.04. The molecule has 1 atom stereocenters. The van der Waals surface area contributed by atoms with Crippen molar-refractivity contribution in [1.29, 1.82) is 0 Å². The van der Waals surface area contributed by atoms with Crippen molar-refractivity contribution in [3.05, 3.63) is 47.5 Å². The molecule has 0 saturated carbocycles. The highest BCUT2D eigenvalue weighted by Gasteiger charge is 2.27. The smallest absolute Gasteiger partial charge is 0.306 e.